The van der Waals surface area contributed by atoms with Gasteiger partial charge in [-0.1, -0.05) is 23.7 Å². The van der Waals surface area contributed by atoms with Crippen LogP contribution < -0.4 is 4.90 Å². The third kappa shape index (κ3) is 3.81. The molecule has 1 aliphatic rings. The summed E-state index contributed by atoms with van der Waals surface area (Å²) in [5, 5.41) is 1.01. The Morgan fingerprint density at radius 1 is 1.19 bits per heavy atom. The van der Waals surface area contributed by atoms with Crippen molar-refractivity contribution in [2.75, 3.05) is 26.2 Å². The Bertz CT molecular complexity index is 969. The summed E-state index contributed by atoms with van der Waals surface area (Å²) in [6, 6.07) is 9.78. The molecule has 1 saturated heterocycles. The molecule has 3 aromatic rings. The van der Waals surface area contributed by atoms with E-state index in [-0.39, 0.29) is 16.5 Å². The van der Waals surface area contributed by atoms with E-state index in [0.29, 0.717) is 13.1 Å². The van der Waals surface area contributed by atoms with Crippen LogP contribution in [0.25, 0.3) is 10.2 Å². The number of para-hydroxylation sites is 1. The average molecular weight is 409 g/mol. The molecule has 0 unspecified atom stereocenters. The molecule has 0 radical (unpaired) electrons. The third-order valence-electron chi connectivity index (χ3n) is 4.74. The van der Waals surface area contributed by atoms with Gasteiger partial charge in [-0.05, 0) is 24.3 Å². The second-order valence-corrected chi connectivity index (χ2v) is 8.06. The molecule has 0 saturated carbocycles. The number of fused-ring (bicyclic) bond motifs is 1. The van der Waals surface area contributed by atoms with Gasteiger partial charge in [0, 0.05) is 0 Å². The summed E-state index contributed by atoms with van der Waals surface area (Å²) in [5.74, 6) is -2.48. The monoisotopic (exact) mass is 408 g/mol. The van der Waals surface area contributed by atoms with Crippen molar-refractivity contribution in [1.29, 1.82) is 0 Å². The van der Waals surface area contributed by atoms with E-state index in [2.05, 4.69) is 11.1 Å². The zero-order chi connectivity index (χ0) is 19.0. The van der Waals surface area contributed by atoms with Crippen LogP contribution in [0.4, 0.5) is 8.78 Å². The van der Waals surface area contributed by atoms with Gasteiger partial charge in [0.15, 0.2) is 11.6 Å². The van der Waals surface area contributed by atoms with E-state index in [1.807, 2.05) is 18.2 Å². The molecule has 0 spiro atoms. The first-order chi connectivity index (χ1) is 13.0. The van der Waals surface area contributed by atoms with Crippen LogP contribution in [0.3, 0.4) is 0 Å². The number of amides is 1. The zero-order valence-corrected chi connectivity index (χ0v) is 15.9. The molecule has 2 aromatic carbocycles. The molecule has 1 N–H and O–H groups in total. The maximum atomic E-state index is 13.5. The maximum absolute atomic E-state index is 13.5. The van der Waals surface area contributed by atoms with Gasteiger partial charge >= 0.3 is 0 Å². The smallest absolute Gasteiger partial charge is 0.255 e. The van der Waals surface area contributed by atoms with Crippen molar-refractivity contribution >= 4 is 39.1 Å². The summed E-state index contributed by atoms with van der Waals surface area (Å²) in [7, 11) is 0. The van der Waals surface area contributed by atoms with Gasteiger partial charge in [-0.3, -0.25) is 4.79 Å². The van der Waals surface area contributed by atoms with Crippen molar-refractivity contribution in [2.24, 2.45) is 0 Å². The predicted molar refractivity (Wildman–Crippen MR) is 101 cm³/mol. The number of halogens is 3. The highest BCUT2D eigenvalue weighted by Crippen LogP contribution is 2.22. The highest BCUT2D eigenvalue weighted by Gasteiger charge is 2.27. The van der Waals surface area contributed by atoms with Gasteiger partial charge < -0.3 is 9.80 Å². The Morgan fingerprint density at radius 2 is 1.89 bits per heavy atom. The number of nitrogens with one attached hydrogen (secondary N) is 1. The van der Waals surface area contributed by atoms with E-state index in [9.17, 15) is 13.6 Å². The second-order valence-electron chi connectivity index (χ2n) is 6.54. The van der Waals surface area contributed by atoms with E-state index in [0.717, 1.165) is 42.3 Å². The van der Waals surface area contributed by atoms with Crippen molar-refractivity contribution in [3.8, 4) is 0 Å². The second kappa shape index (κ2) is 7.50. The summed E-state index contributed by atoms with van der Waals surface area (Å²) in [5.41, 5.74) is 1.02. The van der Waals surface area contributed by atoms with Crippen molar-refractivity contribution in [2.45, 2.75) is 6.54 Å². The minimum absolute atomic E-state index is 0.00481. The summed E-state index contributed by atoms with van der Waals surface area (Å²) in [4.78, 5) is 20.2. The first-order valence-electron chi connectivity index (χ1n) is 8.63. The average Bonchev–Trinajstić information content (AvgIpc) is 3.07. The first-order valence-corrected chi connectivity index (χ1v) is 9.82. The first kappa shape index (κ1) is 18.3. The molecule has 4 nitrogen and oxygen atoms in total. The Kier molecular flexibility index (Phi) is 5.08. The molecular weight excluding hydrogens is 392 g/mol. The normalized spacial score (nSPS) is 15.4. The van der Waals surface area contributed by atoms with E-state index >= 15 is 0 Å². The number of nitrogens with zero attached hydrogens (tertiary/aromatic N) is 2. The van der Waals surface area contributed by atoms with Crippen LogP contribution in [0.1, 0.15) is 15.4 Å². The largest absolute Gasteiger partial charge is 0.327 e. The number of carbonyl (C=O) groups is 1. The van der Waals surface area contributed by atoms with Crippen molar-refractivity contribution < 1.29 is 18.5 Å². The topological polar surface area (TPSA) is 37.6 Å². The summed E-state index contributed by atoms with van der Waals surface area (Å²) < 4.78 is 27.8. The van der Waals surface area contributed by atoms with E-state index in [1.165, 1.54) is 9.60 Å². The van der Waals surface area contributed by atoms with Gasteiger partial charge in [0.2, 0.25) is 0 Å². The van der Waals surface area contributed by atoms with E-state index < -0.39 is 11.6 Å². The van der Waals surface area contributed by atoms with Crippen LogP contribution in [0.5, 0.6) is 0 Å². The van der Waals surface area contributed by atoms with E-state index in [1.54, 1.807) is 16.2 Å². The van der Waals surface area contributed by atoms with E-state index in [4.69, 9.17) is 11.6 Å². The predicted octanol–water partition coefficient (Wildman–Crippen LogP) is 2.77. The van der Waals surface area contributed by atoms with Gasteiger partial charge in [-0.15, -0.1) is 11.3 Å². The van der Waals surface area contributed by atoms with Crippen molar-refractivity contribution in [1.82, 2.24) is 9.88 Å². The molecular formula is C19H17ClF2N3OS+. The van der Waals surface area contributed by atoms with Crippen LogP contribution in [0.15, 0.2) is 36.4 Å². The lowest BCUT2D eigenvalue weighted by molar-refractivity contribution is -0.917. The van der Waals surface area contributed by atoms with Gasteiger partial charge in [-0.2, -0.15) is 0 Å². The van der Waals surface area contributed by atoms with Gasteiger partial charge in [0.1, 0.15) is 11.6 Å². The number of benzene rings is 2. The fourth-order valence-corrected chi connectivity index (χ4v) is 4.54. The fourth-order valence-electron chi connectivity index (χ4n) is 3.27. The molecule has 140 valence electrons. The Morgan fingerprint density at radius 3 is 2.63 bits per heavy atom. The molecule has 0 atom stereocenters. The highest BCUT2D eigenvalue weighted by atomic mass is 35.5. The number of quaternary nitrogens is 1. The molecule has 0 bridgehead atoms. The fraction of sp³-hybridized carbons (Fsp3) is 0.263. The number of thiazole rings is 1. The lowest BCUT2D eigenvalue weighted by Gasteiger charge is -2.32. The Labute approximate surface area is 164 Å². The highest BCUT2D eigenvalue weighted by molar-refractivity contribution is 7.18. The minimum Gasteiger partial charge on any atom is -0.327 e. The third-order valence-corrected chi connectivity index (χ3v) is 6.09. The SMILES string of the molecule is O=C(c1cc(F)c(F)cc1Cl)N1CC[NH+](Cc2nc3ccccc3s2)CC1. The molecule has 27 heavy (non-hydrogen) atoms. The number of aromatic nitrogens is 1. The minimum atomic E-state index is -1.07. The van der Waals surface area contributed by atoms with Crippen LogP contribution in [-0.2, 0) is 6.54 Å². The molecule has 8 heteroatoms. The lowest BCUT2D eigenvalue weighted by Crippen LogP contribution is -3.13. The number of carbonyl (C=O) groups excluding carboxylic acids is 1. The van der Waals surface area contributed by atoms with Crippen LogP contribution in [0.2, 0.25) is 5.02 Å². The standard InChI is InChI=1S/C19H16ClF2N3OS/c20-13-10-15(22)14(21)9-12(13)19(26)25-7-5-24(6-8-25)11-18-23-16-3-1-2-4-17(16)27-18/h1-4,9-10H,5-8,11H2/p+1. The number of hydrogen-bond acceptors (Lipinski definition) is 3. The Balaban J connectivity index is 1.40. The number of piperazine rings is 1. The van der Waals surface area contributed by atoms with Gasteiger partial charge in [0.05, 0.1) is 47.0 Å². The van der Waals surface area contributed by atoms with Crippen LogP contribution >= 0.6 is 22.9 Å². The molecule has 0 aliphatic carbocycles. The van der Waals surface area contributed by atoms with Crippen LogP contribution in [-0.4, -0.2) is 42.0 Å². The van der Waals surface area contributed by atoms with Crippen molar-refractivity contribution in [3.05, 3.63) is 63.6 Å². The Hall–Kier alpha value is -2.09. The number of rotatable bonds is 3. The molecule has 1 aliphatic heterocycles. The summed E-state index contributed by atoms with van der Waals surface area (Å²) in [6.07, 6.45) is 0. The lowest BCUT2D eigenvalue weighted by atomic mass is 10.1. The van der Waals surface area contributed by atoms with Crippen LogP contribution in [0, 0.1) is 11.6 Å². The number of hydrogen-bond donors (Lipinski definition) is 1. The maximum Gasteiger partial charge on any atom is 0.255 e. The summed E-state index contributed by atoms with van der Waals surface area (Å²) in [6.45, 7) is 3.42. The van der Waals surface area contributed by atoms with Gasteiger partial charge in [0.25, 0.3) is 5.91 Å². The molecule has 1 amide bonds. The quantitative estimate of drug-likeness (QED) is 0.677. The molecule has 4 rings (SSSR count). The van der Waals surface area contributed by atoms with Gasteiger partial charge in [-0.25, -0.2) is 13.8 Å². The molecule has 1 aromatic heterocycles. The summed E-state index contributed by atoms with van der Waals surface area (Å²) >= 11 is 7.62. The molecule has 2 heterocycles. The molecule has 1 fully saturated rings. The van der Waals surface area contributed by atoms with Crippen molar-refractivity contribution in [3.63, 3.8) is 0 Å². The zero-order valence-electron chi connectivity index (χ0n) is 14.3.